The maximum absolute atomic E-state index is 12.3. The molecule has 0 saturated carbocycles. The van der Waals surface area contributed by atoms with Gasteiger partial charge in [-0.3, -0.25) is 4.79 Å². The van der Waals surface area contributed by atoms with Gasteiger partial charge in [0.05, 0.1) is 11.9 Å². The van der Waals surface area contributed by atoms with E-state index in [1.54, 1.807) is 0 Å². The Bertz CT molecular complexity index is 627. The molecule has 0 atom stereocenters. The zero-order chi connectivity index (χ0) is 14.8. The first-order valence-electron chi connectivity index (χ1n) is 5.36. The van der Waals surface area contributed by atoms with Crippen molar-refractivity contribution in [3.8, 4) is 5.75 Å². The van der Waals surface area contributed by atoms with Crippen LogP contribution in [0.4, 0.5) is 18.9 Å². The topological polar surface area (TPSA) is 75.1 Å². The number of nitrogens with zero attached hydrogens (tertiary/aromatic N) is 2. The van der Waals surface area contributed by atoms with Crippen molar-refractivity contribution in [2.24, 2.45) is 0 Å². The highest BCUT2D eigenvalue weighted by molar-refractivity contribution is 6.04. The molecule has 0 spiro atoms. The largest absolute Gasteiger partial charge is 0.505 e. The van der Waals surface area contributed by atoms with Crippen LogP contribution in [-0.2, 0) is 6.18 Å². The lowest BCUT2D eigenvalue weighted by Gasteiger charge is -2.08. The molecule has 0 aliphatic heterocycles. The maximum atomic E-state index is 12.3. The third-order valence-electron chi connectivity index (χ3n) is 2.31. The normalized spacial score (nSPS) is 11.2. The number of aromatic nitrogens is 2. The van der Waals surface area contributed by atoms with Gasteiger partial charge in [0, 0.05) is 6.20 Å². The number of hydrogen-bond acceptors (Lipinski definition) is 4. The van der Waals surface area contributed by atoms with Crippen LogP contribution in [0.1, 0.15) is 16.2 Å². The maximum Gasteiger partial charge on any atom is 0.433 e. The van der Waals surface area contributed by atoms with Crippen LogP contribution in [0, 0.1) is 0 Å². The van der Waals surface area contributed by atoms with Gasteiger partial charge in [-0.1, -0.05) is 0 Å². The van der Waals surface area contributed by atoms with Crippen LogP contribution in [0.3, 0.4) is 0 Å². The fourth-order valence-corrected chi connectivity index (χ4v) is 1.40. The van der Waals surface area contributed by atoms with E-state index in [4.69, 9.17) is 0 Å². The zero-order valence-corrected chi connectivity index (χ0v) is 9.85. The average molecular weight is 283 g/mol. The first-order valence-corrected chi connectivity index (χ1v) is 5.36. The van der Waals surface area contributed by atoms with Crippen molar-refractivity contribution in [1.82, 2.24) is 9.97 Å². The second-order valence-electron chi connectivity index (χ2n) is 3.76. The van der Waals surface area contributed by atoms with Crippen LogP contribution in [0.2, 0.25) is 0 Å². The molecule has 20 heavy (non-hydrogen) atoms. The Morgan fingerprint density at radius 3 is 2.50 bits per heavy atom. The molecule has 8 heteroatoms. The van der Waals surface area contributed by atoms with Crippen molar-refractivity contribution in [3.63, 3.8) is 0 Å². The van der Waals surface area contributed by atoms with Crippen molar-refractivity contribution in [1.29, 1.82) is 0 Å². The van der Waals surface area contributed by atoms with E-state index in [9.17, 15) is 23.1 Å². The summed E-state index contributed by atoms with van der Waals surface area (Å²) in [7, 11) is 0. The highest BCUT2D eigenvalue weighted by Gasteiger charge is 2.32. The number of carbonyl (C=O) groups is 1. The lowest BCUT2D eigenvalue weighted by molar-refractivity contribution is -0.141. The minimum atomic E-state index is -4.54. The van der Waals surface area contributed by atoms with Crippen LogP contribution < -0.4 is 5.32 Å². The number of rotatable bonds is 2. The molecule has 2 N–H and O–H groups in total. The predicted octanol–water partition coefficient (Wildman–Crippen LogP) is 2.45. The van der Waals surface area contributed by atoms with Crippen molar-refractivity contribution >= 4 is 11.6 Å². The number of halogens is 3. The van der Waals surface area contributed by atoms with Crippen LogP contribution in [0.5, 0.6) is 5.75 Å². The highest BCUT2D eigenvalue weighted by Crippen LogP contribution is 2.27. The number of amides is 1. The number of anilines is 1. The van der Waals surface area contributed by atoms with Gasteiger partial charge in [0.15, 0.2) is 5.69 Å². The van der Waals surface area contributed by atoms with Gasteiger partial charge in [-0.2, -0.15) is 13.2 Å². The summed E-state index contributed by atoms with van der Waals surface area (Å²) in [5.74, 6) is -1.07. The number of nitrogens with one attached hydrogen (secondary N) is 1. The second-order valence-corrected chi connectivity index (χ2v) is 3.76. The van der Waals surface area contributed by atoms with Gasteiger partial charge < -0.3 is 10.4 Å². The molecular weight excluding hydrogens is 275 g/mol. The van der Waals surface area contributed by atoms with Crippen LogP contribution in [0.15, 0.2) is 36.7 Å². The third kappa shape index (κ3) is 3.02. The van der Waals surface area contributed by atoms with Crippen LogP contribution in [-0.4, -0.2) is 21.0 Å². The summed E-state index contributed by atoms with van der Waals surface area (Å²) < 4.78 is 36.9. The smallest absolute Gasteiger partial charge is 0.433 e. The summed E-state index contributed by atoms with van der Waals surface area (Å²) in [6, 6.07) is 4.51. The molecule has 1 amide bonds. The Labute approximate surface area is 111 Å². The molecule has 2 aromatic heterocycles. The van der Waals surface area contributed by atoms with E-state index in [2.05, 4.69) is 15.3 Å². The van der Waals surface area contributed by atoms with Crippen molar-refractivity contribution in [2.75, 3.05) is 5.32 Å². The molecule has 0 aliphatic rings. The Kier molecular flexibility index (Phi) is 3.55. The van der Waals surface area contributed by atoms with E-state index >= 15 is 0 Å². The lowest BCUT2D eigenvalue weighted by Crippen LogP contribution is -2.14. The first-order chi connectivity index (χ1) is 9.38. The van der Waals surface area contributed by atoms with Gasteiger partial charge in [0.25, 0.3) is 5.91 Å². The fourth-order valence-electron chi connectivity index (χ4n) is 1.40. The molecule has 0 unspecified atom stereocenters. The average Bonchev–Trinajstić information content (AvgIpc) is 2.38. The standard InChI is InChI=1S/C12H8F3N3O2/c13-12(14,15)9-4-3-7(6-17-9)18-11(20)10-8(19)2-1-5-16-10/h1-6,19H,(H,18,20). The molecule has 2 heterocycles. The van der Waals surface area contributed by atoms with Gasteiger partial charge in [-0.15, -0.1) is 0 Å². The molecule has 0 saturated heterocycles. The Morgan fingerprint density at radius 2 is 1.95 bits per heavy atom. The summed E-state index contributed by atoms with van der Waals surface area (Å²) >= 11 is 0. The minimum Gasteiger partial charge on any atom is -0.505 e. The van der Waals surface area contributed by atoms with Crippen LogP contribution >= 0.6 is 0 Å². The van der Waals surface area contributed by atoms with E-state index < -0.39 is 17.8 Å². The molecule has 0 aliphatic carbocycles. The zero-order valence-electron chi connectivity index (χ0n) is 9.85. The SMILES string of the molecule is O=C(Nc1ccc(C(F)(F)F)nc1)c1ncccc1O. The quantitative estimate of drug-likeness (QED) is 0.887. The monoisotopic (exact) mass is 283 g/mol. The number of carbonyl (C=O) groups excluding carboxylic acids is 1. The summed E-state index contributed by atoms with van der Waals surface area (Å²) in [6.45, 7) is 0. The number of aromatic hydroxyl groups is 1. The van der Waals surface area contributed by atoms with E-state index in [1.165, 1.54) is 18.3 Å². The number of hydrogen-bond donors (Lipinski definition) is 2. The van der Waals surface area contributed by atoms with Gasteiger partial charge in [0.1, 0.15) is 11.4 Å². The van der Waals surface area contributed by atoms with Gasteiger partial charge in [0.2, 0.25) is 0 Å². The molecule has 5 nitrogen and oxygen atoms in total. The molecule has 0 radical (unpaired) electrons. The number of pyridine rings is 2. The lowest BCUT2D eigenvalue weighted by atomic mass is 10.3. The highest BCUT2D eigenvalue weighted by atomic mass is 19.4. The molecule has 2 aromatic rings. The van der Waals surface area contributed by atoms with Crippen molar-refractivity contribution in [2.45, 2.75) is 6.18 Å². The molecular formula is C12H8F3N3O2. The number of alkyl halides is 3. The van der Waals surface area contributed by atoms with Gasteiger partial charge in [-0.05, 0) is 24.3 Å². The Balaban J connectivity index is 2.15. The minimum absolute atomic E-state index is 0.0630. The van der Waals surface area contributed by atoms with Crippen molar-refractivity contribution < 1.29 is 23.1 Å². The Hall–Kier alpha value is -2.64. The summed E-state index contributed by atoms with van der Waals surface area (Å²) in [5, 5.41) is 11.7. The fraction of sp³-hybridized carbons (Fsp3) is 0.0833. The van der Waals surface area contributed by atoms with Gasteiger partial charge in [-0.25, -0.2) is 9.97 Å². The predicted molar refractivity (Wildman–Crippen MR) is 63.1 cm³/mol. The second kappa shape index (κ2) is 5.16. The molecule has 104 valence electrons. The first kappa shape index (κ1) is 13.8. The third-order valence-corrected chi connectivity index (χ3v) is 2.31. The van der Waals surface area contributed by atoms with E-state index in [0.29, 0.717) is 0 Å². The van der Waals surface area contributed by atoms with E-state index in [0.717, 1.165) is 18.3 Å². The molecule has 2 rings (SSSR count). The summed E-state index contributed by atoms with van der Waals surface area (Å²) in [5.41, 5.74) is -1.23. The summed E-state index contributed by atoms with van der Waals surface area (Å²) in [4.78, 5) is 18.6. The summed E-state index contributed by atoms with van der Waals surface area (Å²) in [6.07, 6.45) is -2.36. The van der Waals surface area contributed by atoms with Gasteiger partial charge >= 0.3 is 6.18 Å². The van der Waals surface area contributed by atoms with Crippen molar-refractivity contribution in [3.05, 3.63) is 48.0 Å². The molecule has 0 bridgehead atoms. The molecule has 0 fully saturated rings. The van der Waals surface area contributed by atoms with E-state index in [1.807, 2.05) is 0 Å². The van der Waals surface area contributed by atoms with E-state index in [-0.39, 0.29) is 17.1 Å². The van der Waals surface area contributed by atoms with Crippen LogP contribution in [0.25, 0.3) is 0 Å². The Morgan fingerprint density at radius 1 is 1.20 bits per heavy atom. The molecule has 0 aromatic carbocycles.